The summed E-state index contributed by atoms with van der Waals surface area (Å²) in [4.78, 5) is 10.9. The molecule has 0 saturated heterocycles. The maximum Gasteiger partial charge on any atom is 0.335 e. The number of nitrogens with zero attached hydrogens (tertiary/aromatic N) is 3. The van der Waals surface area contributed by atoms with Crippen molar-refractivity contribution in [1.82, 2.24) is 10.2 Å². The molecule has 20 heavy (non-hydrogen) atoms. The number of ether oxygens (including phenoxy) is 1. The van der Waals surface area contributed by atoms with E-state index in [1.54, 1.807) is 26.0 Å². The maximum atomic E-state index is 10.9. The largest absolute Gasteiger partial charge is 0.478 e. The van der Waals surface area contributed by atoms with Gasteiger partial charge in [-0.25, -0.2) is 4.79 Å². The molecule has 0 fully saturated rings. The van der Waals surface area contributed by atoms with Crippen LogP contribution in [0, 0.1) is 25.2 Å². The molecular formula is C14H11N3O3. The van der Waals surface area contributed by atoms with Gasteiger partial charge in [0.25, 0.3) is 5.88 Å². The van der Waals surface area contributed by atoms with Crippen LogP contribution in [0.1, 0.15) is 27.2 Å². The molecule has 0 aliphatic heterocycles. The number of nitriles is 1. The summed E-state index contributed by atoms with van der Waals surface area (Å²) in [5, 5.41) is 25.8. The van der Waals surface area contributed by atoms with Gasteiger partial charge in [-0.3, -0.25) is 0 Å². The van der Waals surface area contributed by atoms with E-state index in [0.29, 0.717) is 22.6 Å². The second-order valence-electron chi connectivity index (χ2n) is 4.14. The molecule has 0 amide bonds. The zero-order chi connectivity index (χ0) is 14.7. The molecule has 100 valence electrons. The third-order valence-corrected chi connectivity index (χ3v) is 2.83. The number of benzene rings is 1. The SMILES string of the molecule is Cc1nnc(Oc2cccc(C(=O)O)c2)c(C#N)c1C. The lowest BCUT2D eigenvalue weighted by molar-refractivity contribution is 0.0696. The molecule has 0 radical (unpaired) electrons. The molecular weight excluding hydrogens is 258 g/mol. The number of carboxylic acids is 1. The molecule has 6 nitrogen and oxygen atoms in total. The highest BCUT2D eigenvalue weighted by Crippen LogP contribution is 2.25. The van der Waals surface area contributed by atoms with Crippen molar-refractivity contribution in [2.24, 2.45) is 0 Å². The lowest BCUT2D eigenvalue weighted by atomic mass is 10.1. The predicted molar refractivity (Wildman–Crippen MR) is 69.7 cm³/mol. The smallest absolute Gasteiger partial charge is 0.335 e. The molecule has 0 saturated carbocycles. The summed E-state index contributed by atoms with van der Waals surface area (Å²) in [6, 6.07) is 7.97. The van der Waals surface area contributed by atoms with Crippen molar-refractivity contribution in [2.45, 2.75) is 13.8 Å². The lowest BCUT2D eigenvalue weighted by Crippen LogP contribution is -2.01. The Morgan fingerprint density at radius 1 is 1.35 bits per heavy atom. The first-order valence-corrected chi connectivity index (χ1v) is 5.78. The van der Waals surface area contributed by atoms with Crippen LogP contribution in [0.25, 0.3) is 0 Å². The summed E-state index contributed by atoms with van der Waals surface area (Å²) in [7, 11) is 0. The number of hydrogen-bond acceptors (Lipinski definition) is 5. The zero-order valence-electron chi connectivity index (χ0n) is 10.9. The first kappa shape index (κ1) is 13.5. The maximum absolute atomic E-state index is 10.9. The van der Waals surface area contributed by atoms with Gasteiger partial charge in [-0.2, -0.15) is 10.4 Å². The van der Waals surface area contributed by atoms with Gasteiger partial charge in [0.15, 0.2) is 0 Å². The normalized spacial score (nSPS) is 9.85. The third kappa shape index (κ3) is 2.57. The van der Waals surface area contributed by atoms with E-state index in [9.17, 15) is 4.79 Å². The fraction of sp³-hybridized carbons (Fsp3) is 0.143. The average Bonchev–Trinajstić information content (AvgIpc) is 2.43. The zero-order valence-corrected chi connectivity index (χ0v) is 10.9. The topological polar surface area (TPSA) is 96.1 Å². The summed E-state index contributed by atoms with van der Waals surface area (Å²) in [5.74, 6) is -0.695. The van der Waals surface area contributed by atoms with Gasteiger partial charge in [0, 0.05) is 0 Å². The van der Waals surface area contributed by atoms with Gasteiger partial charge in [-0.05, 0) is 37.6 Å². The van der Waals surface area contributed by atoms with Crippen molar-refractivity contribution in [3.05, 3.63) is 46.6 Å². The average molecular weight is 269 g/mol. The number of aromatic carboxylic acids is 1. The lowest BCUT2D eigenvalue weighted by Gasteiger charge is -2.08. The molecule has 0 bridgehead atoms. The Morgan fingerprint density at radius 3 is 2.75 bits per heavy atom. The van der Waals surface area contributed by atoms with Crippen molar-refractivity contribution >= 4 is 5.97 Å². The van der Waals surface area contributed by atoms with Crippen molar-refractivity contribution in [1.29, 1.82) is 5.26 Å². The monoisotopic (exact) mass is 269 g/mol. The number of carboxylic acid groups (broad SMARTS) is 1. The molecule has 1 N–H and O–H groups in total. The van der Waals surface area contributed by atoms with Crippen LogP contribution in [0.15, 0.2) is 24.3 Å². The van der Waals surface area contributed by atoms with Crippen LogP contribution in [0.5, 0.6) is 11.6 Å². The van der Waals surface area contributed by atoms with Crippen molar-refractivity contribution in [3.63, 3.8) is 0 Å². The summed E-state index contributed by atoms with van der Waals surface area (Å²) >= 11 is 0. The van der Waals surface area contributed by atoms with E-state index in [2.05, 4.69) is 10.2 Å². The van der Waals surface area contributed by atoms with Gasteiger partial charge in [0.05, 0.1) is 11.3 Å². The minimum Gasteiger partial charge on any atom is -0.478 e. The summed E-state index contributed by atoms with van der Waals surface area (Å²) in [6.07, 6.45) is 0. The molecule has 1 aromatic heterocycles. The van der Waals surface area contributed by atoms with E-state index in [0.717, 1.165) is 0 Å². The number of hydrogen-bond donors (Lipinski definition) is 1. The van der Waals surface area contributed by atoms with E-state index < -0.39 is 5.97 Å². The summed E-state index contributed by atoms with van der Waals surface area (Å²) in [6.45, 7) is 3.50. The first-order chi connectivity index (χ1) is 9.52. The molecule has 1 aromatic carbocycles. The summed E-state index contributed by atoms with van der Waals surface area (Å²) < 4.78 is 5.47. The van der Waals surface area contributed by atoms with Crippen molar-refractivity contribution in [2.75, 3.05) is 0 Å². The standard InChI is InChI=1S/C14H11N3O3/c1-8-9(2)16-17-13(12(8)7-15)20-11-5-3-4-10(6-11)14(18)19/h3-6H,1-2H3,(H,18,19). The molecule has 0 atom stereocenters. The number of aryl methyl sites for hydroxylation is 1. The fourth-order valence-corrected chi connectivity index (χ4v) is 1.59. The van der Waals surface area contributed by atoms with Gasteiger partial charge < -0.3 is 9.84 Å². The van der Waals surface area contributed by atoms with Crippen LogP contribution in [0.2, 0.25) is 0 Å². The van der Waals surface area contributed by atoms with Gasteiger partial charge in [0.1, 0.15) is 17.4 Å². The second-order valence-corrected chi connectivity index (χ2v) is 4.14. The highest BCUT2D eigenvalue weighted by atomic mass is 16.5. The van der Waals surface area contributed by atoms with Crippen LogP contribution >= 0.6 is 0 Å². The Hall–Kier alpha value is -2.94. The van der Waals surface area contributed by atoms with Crippen LogP contribution in [0.4, 0.5) is 0 Å². The molecule has 1 heterocycles. The Labute approximate surface area is 115 Å². The first-order valence-electron chi connectivity index (χ1n) is 5.78. The minimum atomic E-state index is -1.05. The number of aromatic nitrogens is 2. The van der Waals surface area contributed by atoms with Crippen LogP contribution in [0.3, 0.4) is 0 Å². The van der Waals surface area contributed by atoms with Gasteiger partial charge in [-0.15, -0.1) is 5.10 Å². The quantitative estimate of drug-likeness (QED) is 0.919. The van der Waals surface area contributed by atoms with E-state index in [-0.39, 0.29) is 11.4 Å². The van der Waals surface area contributed by atoms with E-state index in [1.165, 1.54) is 12.1 Å². The molecule has 0 aliphatic carbocycles. The Balaban J connectivity index is 2.41. The second kappa shape index (κ2) is 5.36. The molecule has 6 heteroatoms. The highest BCUT2D eigenvalue weighted by molar-refractivity contribution is 5.88. The van der Waals surface area contributed by atoms with E-state index in [1.807, 2.05) is 6.07 Å². The molecule has 2 aromatic rings. The van der Waals surface area contributed by atoms with E-state index in [4.69, 9.17) is 15.1 Å². The van der Waals surface area contributed by atoms with Crippen LogP contribution in [-0.4, -0.2) is 21.3 Å². The molecule has 2 rings (SSSR count). The highest BCUT2D eigenvalue weighted by Gasteiger charge is 2.13. The van der Waals surface area contributed by atoms with Crippen LogP contribution in [-0.2, 0) is 0 Å². The van der Waals surface area contributed by atoms with Gasteiger partial charge >= 0.3 is 5.97 Å². The molecule has 0 aliphatic rings. The Kier molecular flexibility index (Phi) is 3.62. The summed E-state index contributed by atoms with van der Waals surface area (Å²) in [5.41, 5.74) is 1.72. The van der Waals surface area contributed by atoms with E-state index >= 15 is 0 Å². The van der Waals surface area contributed by atoms with Crippen molar-refractivity contribution < 1.29 is 14.6 Å². The Bertz CT molecular complexity index is 720. The van der Waals surface area contributed by atoms with Gasteiger partial charge in [-0.1, -0.05) is 6.07 Å². The van der Waals surface area contributed by atoms with Gasteiger partial charge in [0.2, 0.25) is 0 Å². The molecule has 0 spiro atoms. The number of carbonyl (C=O) groups is 1. The Morgan fingerprint density at radius 2 is 2.10 bits per heavy atom. The number of rotatable bonds is 3. The third-order valence-electron chi connectivity index (χ3n) is 2.83. The fourth-order valence-electron chi connectivity index (χ4n) is 1.59. The minimum absolute atomic E-state index is 0.0677. The van der Waals surface area contributed by atoms with Crippen molar-refractivity contribution in [3.8, 4) is 17.7 Å². The predicted octanol–water partition coefficient (Wildman–Crippen LogP) is 2.46. The van der Waals surface area contributed by atoms with Crippen LogP contribution < -0.4 is 4.74 Å². The molecule has 0 unspecified atom stereocenters.